The minimum Gasteiger partial charge on any atom is -0.493 e. The maximum Gasteiger partial charge on any atom is 0.119 e. The molecule has 0 saturated heterocycles. The maximum atomic E-state index is 5.34. The second kappa shape index (κ2) is 4.84. The van der Waals surface area contributed by atoms with Crippen molar-refractivity contribution in [2.75, 3.05) is 6.61 Å². The fourth-order valence-electron chi connectivity index (χ4n) is 0.759. The predicted octanol–water partition coefficient (Wildman–Crippen LogP) is 2.85. The molecular weight excluding hydrogens is 216 g/mol. The first-order valence-electron chi connectivity index (χ1n) is 3.65. The van der Waals surface area contributed by atoms with Gasteiger partial charge in [-0.05, 0) is 24.3 Å². The van der Waals surface area contributed by atoms with E-state index >= 15 is 0 Å². The molecule has 0 aliphatic heterocycles. The van der Waals surface area contributed by atoms with Gasteiger partial charge in [-0.15, -0.1) is 12.3 Å². The van der Waals surface area contributed by atoms with Crippen LogP contribution in [0, 0.1) is 12.3 Å². The zero-order valence-corrected chi connectivity index (χ0v) is 8.17. The van der Waals surface area contributed by atoms with Gasteiger partial charge in [-0.1, -0.05) is 15.9 Å². The third-order valence-electron chi connectivity index (χ3n) is 1.33. The molecule has 0 amide bonds. The van der Waals surface area contributed by atoms with E-state index < -0.39 is 0 Å². The first-order valence-corrected chi connectivity index (χ1v) is 4.44. The summed E-state index contributed by atoms with van der Waals surface area (Å²) in [6.07, 6.45) is 5.73. The summed E-state index contributed by atoms with van der Waals surface area (Å²) in [4.78, 5) is 0. The van der Waals surface area contributed by atoms with E-state index in [1.807, 2.05) is 24.3 Å². The van der Waals surface area contributed by atoms with Gasteiger partial charge in [0.15, 0.2) is 0 Å². The van der Waals surface area contributed by atoms with Gasteiger partial charge in [-0.3, -0.25) is 0 Å². The first kappa shape index (κ1) is 9.15. The molecule has 0 bridgehead atoms. The molecule has 0 heterocycles. The molecule has 0 unspecified atom stereocenters. The number of terminal acetylenes is 1. The van der Waals surface area contributed by atoms with Crippen LogP contribution in [0.25, 0.3) is 0 Å². The second-order valence-electron chi connectivity index (χ2n) is 2.26. The predicted molar refractivity (Wildman–Crippen MR) is 53.1 cm³/mol. The Kier molecular flexibility index (Phi) is 3.69. The molecule has 0 fully saturated rings. The van der Waals surface area contributed by atoms with Crippen LogP contribution in [0.2, 0.25) is 0 Å². The van der Waals surface area contributed by atoms with Gasteiger partial charge in [-0.25, -0.2) is 0 Å². The summed E-state index contributed by atoms with van der Waals surface area (Å²) in [5, 5.41) is 0. The van der Waals surface area contributed by atoms with Gasteiger partial charge < -0.3 is 4.74 Å². The van der Waals surface area contributed by atoms with Crippen LogP contribution in [0.3, 0.4) is 0 Å². The Labute approximate surface area is 80.9 Å². The maximum absolute atomic E-state index is 5.34. The van der Waals surface area contributed by atoms with Crippen LogP contribution in [0.1, 0.15) is 6.42 Å². The van der Waals surface area contributed by atoms with Gasteiger partial charge in [0, 0.05) is 10.9 Å². The molecule has 0 radical (unpaired) electrons. The van der Waals surface area contributed by atoms with E-state index in [0.29, 0.717) is 13.0 Å². The van der Waals surface area contributed by atoms with Crippen LogP contribution < -0.4 is 4.74 Å². The second-order valence-corrected chi connectivity index (χ2v) is 3.17. The molecule has 0 aliphatic carbocycles. The monoisotopic (exact) mass is 224 g/mol. The van der Waals surface area contributed by atoms with Crippen molar-refractivity contribution < 1.29 is 4.74 Å². The third kappa shape index (κ3) is 2.98. The molecule has 1 aromatic carbocycles. The standard InChI is InChI=1S/C10H9BrO/c1-2-3-8-12-10-6-4-9(11)5-7-10/h1,4-7H,3,8H2. The number of ether oxygens (including phenoxy) is 1. The number of rotatable bonds is 3. The minimum absolute atomic E-state index is 0.581. The van der Waals surface area contributed by atoms with Crippen LogP contribution >= 0.6 is 15.9 Å². The Bertz CT molecular complexity index is 271. The Balaban J connectivity index is 2.43. The van der Waals surface area contributed by atoms with E-state index in [1.54, 1.807) is 0 Å². The summed E-state index contributed by atoms with van der Waals surface area (Å²) in [6.45, 7) is 0.581. The van der Waals surface area contributed by atoms with Crippen LogP contribution in [0.15, 0.2) is 28.7 Å². The van der Waals surface area contributed by atoms with Gasteiger partial charge in [-0.2, -0.15) is 0 Å². The van der Waals surface area contributed by atoms with Crippen LogP contribution in [-0.4, -0.2) is 6.61 Å². The Morgan fingerprint density at radius 2 is 2.00 bits per heavy atom. The molecule has 0 atom stereocenters. The molecule has 1 rings (SSSR count). The van der Waals surface area contributed by atoms with Crippen LogP contribution in [-0.2, 0) is 0 Å². The van der Waals surface area contributed by atoms with Gasteiger partial charge in [0.2, 0.25) is 0 Å². The smallest absolute Gasteiger partial charge is 0.119 e. The average Bonchev–Trinajstić information content (AvgIpc) is 2.09. The van der Waals surface area contributed by atoms with Gasteiger partial charge in [0.25, 0.3) is 0 Å². The lowest BCUT2D eigenvalue weighted by Crippen LogP contribution is -1.94. The van der Waals surface area contributed by atoms with Crippen molar-refractivity contribution in [2.45, 2.75) is 6.42 Å². The Morgan fingerprint density at radius 3 is 2.58 bits per heavy atom. The van der Waals surface area contributed by atoms with E-state index in [-0.39, 0.29) is 0 Å². The third-order valence-corrected chi connectivity index (χ3v) is 1.86. The van der Waals surface area contributed by atoms with E-state index in [1.165, 1.54) is 0 Å². The number of hydrogen-bond acceptors (Lipinski definition) is 1. The normalized spacial score (nSPS) is 9.00. The summed E-state index contributed by atoms with van der Waals surface area (Å²) in [5.74, 6) is 3.37. The van der Waals surface area contributed by atoms with Gasteiger partial charge in [0.1, 0.15) is 5.75 Å². The SMILES string of the molecule is C#CCCOc1ccc(Br)cc1. The zero-order chi connectivity index (χ0) is 8.81. The molecule has 1 aromatic rings. The molecule has 12 heavy (non-hydrogen) atoms. The summed E-state index contributed by atoms with van der Waals surface area (Å²) < 4.78 is 6.39. The summed E-state index contributed by atoms with van der Waals surface area (Å²) in [6, 6.07) is 7.68. The Morgan fingerprint density at radius 1 is 1.33 bits per heavy atom. The highest BCUT2D eigenvalue weighted by Crippen LogP contribution is 2.15. The lowest BCUT2D eigenvalue weighted by Gasteiger charge is -2.02. The molecular formula is C10H9BrO. The molecule has 0 aromatic heterocycles. The van der Waals surface area contributed by atoms with Crippen molar-refractivity contribution in [3.05, 3.63) is 28.7 Å². The zero-order valence-electron chi connectivity index (χ0n) is 6.59. The van der Waals surface area contributed by atoms with Crippen LogP contribution in [0.4, 0.5) is 0 Å². The molecule has 0 spiro atoms. The highest BCUT2D eigenvalue weighted by molar-refractivity contribution is 9.10. The van der Waals surface area contributed by atoms with E-state index in [9.17, 15) is 0 Å². The fraction of sp³-hybridized carbons (Fsp3) is 0.200. The molecule has 62 valence electrons. The highest BCUT2D eigenvalue weighted by Gasteiger charge is 1.91. The molecule has 2 heteroatoms. The topological polar surface area (TPSA) is 9.23 Å². The largest absolute Gasteiger partial charge is 0.493 e. The highest BCUT2D eigenvalue weighted by atomic mass is 79.9. The lowest BCUT2D eigenvalue weighted by atomic mass is 10.3. The van der Waals surface area contributed by atoms with E-state index in [0.717, 1.165) is 10.2 Å². The van der Waals surface area contributed by atoms with E-state index in [4.69, 9.17) is 11.2 Å². The van der Waals surface area contributed by atoms with Crippen LogP contribution in [0.5, 0.6) is 5.75 Å². The van der Waals surface area contributed by atoms with Gasteiger partial charge >= 0.3 is 0 Å². The minimum atomic E-state index is 0.581. The number of hydrogen-bond donors (Lipinski definition) is 0. The van der Waals surface area contributed by atoms with Crippen molar-refractivity contribution in [2.24, 2.45) is 0 Å². The number of halogens is 1. The molecule has 1 nitrogen and oxygen atoms in total. The van der Waals surface area contributed by atoms with Crippen molar-refractivity contribution in [1.29, 1.82) is 0 Å². The summed E-state index contributed by atoms with van der Waals surface area (Å²) >= 11 is 3.34. The molecule has 0 saturated carbocycles. The van der Waals surface area contributed by atoms with Crippen molar-refractivity contribution in [3.8, 4) is 18.1 Å². The van der Waals surface area contributed by atoms with Crippen molar-refractivity contribution in [1.82, 2.24) is 0 Å². The Hall–Kier alpha value is -0.940. The quantitative estimate of drug-likeness (QED) is 0.567. The average molecular weight is 225 g/mol. The fourth-order valence-corrected chi connectivity index (χ4v) is 1.02. The first-order chi connectivity index (χ1) is 5.83. The van der Waals surface area contributed by atoms with E-state index in [2.05, 4.69) is 21.9 Å². The van der Waals surface area contributed by atoms with Crippen molar-refractivity contribution >= 4 is 15.9 Å². The number of benzene rings is 1. The molecule has 0 aliphatic rings. The summed E-state index contributed by atoms with van der Waals surface area (Å²) in [5.41, 5.74) is 0. The lowest BCUT2D eigenvalue weighted by molar-refractivity contribution is 0.327. The van der Waals surface area contributed by atoms with Crippen molar-refractivity contribution in [3.63, 3.8) is 0 Å². The molecule has 0 N–H and O–H groups in total. The van der Waals surface area contributed by atoms with Gasteiger partial charge in [0.05, 0.1) is 6.61 Å². The summed E-state index contributed by atoms with van der Waals surface area (Å²) in [7, 11) is 0.